The summed E-state index contributed by atoms with van der Waals surface area (Å²) in [6.45, 7) is 9.11. The summed E-state index contributed by atoms with van der Waals surface area (Å²) in [6, 6.07) is 7.00. The largest absolute Gasteiger partial charge is 0.369 e. The number of nitrogens with one attached hydrogen (secondary N) is 2. The van der Waals surface area contributed by atoms with E-state index < -0.39 is 0 Å². The number of likely N-dealkylation sites (tertiary alicyclic amines) is 1. The van der Waals surface area contributed by atoms with Gasteiger partial charge in [-0.15, -0.1) is 0 Å². The maximum atomic E-state index is 13.1. The van der Waals surface area contributed by atoms with Crippen LogP contribution in [0.4, 0.5) is 10.1 Å². The minimum atomic E-state index is -0.192. The molecular formula is C21H33FN6O. The summed E-state index contributed by atoms with van der Waals surface area (Å²) < 4.78 is 13.1. The Hall–Kier alpha value is -2.35. The van der Waals surface area contributed by atoms with Gasteiger partial charge in [0.15, 0.2) is 5.96 Å². The molecular weight excluding hydrogens is 371 g/mol. The fraction of sp³-hybridized carbons (Fsp3) is 0.619. The first-order valence-corrected chi connectivity index (χ1v) is 10.6. The Kier molecular flexibility index (Phi) is 7.69. The van der Waals surface area contributed by atoms with Crippen molar-refractivity contribution in [3.05, 3.63) is 30.1 Å². The highest BCUT2D eigenvalue weighted by Gasteiger charge is 2.25. The van der Waals surface area contributed by atoms with E-state index in [2.05, 4.69) is 25.4 Å². The van der Waals surface area contributed by atoms with Gasteiger partial charge < -0.3 is 20.4 Å². The summed E-state index contributed by atoms with van der Waals surface area (Å²) in [4.78, 5) is 22.8. The Balaban J connectivity index is 1.34. The molecule has 1 amide bonds. The smallest absolute Gasteiger partial charge is 0.222 e. The Bertz CT molecular complexity index is 687. The van der Waals surface area contributed by atoms with Crippen LogP contribution in [-0.2, 0) is 4.79 Å². The number of carbonyl (C=O) groups is 1. The van der Waals surface area contributed by atoms with Gasteiger partial charge in [0.2, 0.25) is 5.91 Å². The van der Waals surface area contributed by atoms with E-state index in [1.54, 1.807) is 7.05 Å². The molecule has 2 aliphatic heterocycles. The molecule has 160 valence electrons. The standard InChI is InChI=1S/C21H33FN6O/c1-3-20(29)28-10-8-18(16-28)25-21(23-2)24-9-11-26-12-14-27(15-13-26)19-6-4-17(22)5-7-19/h4-7,18H,3,8-16H2,1-2H3,(H2,23,24,25). The summed E-state index contributed by atoms with van der Waals surface area (Å²) in [5.41, 5.74) is 1.08. The molecule has 2 heterocycles. The number of piperazine rings is 1. The van der Waals surface area contributed by atoms with Gasteiger partial charge in [-0.2, -0.15) is 0 Å². The van der Waals surface area contributed by atoms with Crippen LogP contribution in [0.5, 0.6) is 0 Å². The Morgan fingerprint density at radius 1 is 1.17 bits per heavy atom. The molecule has 0 saturated carbocycles. The first kappa shape index (κ1) is 21.4. The van der Waals surface area contributed by atoms with Gasteiger partial charge in [0.25, 0.3) is 0 Å². The third-order valence-corrected chi connectivity index (χ3v) is 5.69. The van der Waals surface area contributed by atoms with Crippen LogP contribution in [0.2, 0.25) is 0 Å². The third kappa shape index (κ3) is 6.06. The van der Waals surface area contributed by atoms with Crippen LogP contribution in [0, 0.1) is 5.82 Å². The molecule has 0 radical (unpaired) electrons. The summed E-state index contributed by atoms with van der Waals surface area (Å²) in [5, 5.41) is 6.82. The molecule has 1 atom stereocenters. The number of amides is 1. The quantitative estimate of drug-likeness (QED) is 0.550. The van der Waals surface area contributed by atoms with Crippen LogP contribution in [0.25, 0.3) is 0 Å². The predicted octanol–water partition coefficient (Wildman–Crippen LogP) is 1.12. The van der Waals surface area contributed by atoms with Gasteiger partial charge in [0.1, 0.15) is 5.82 Å². The first-order chi connectivity index (χ1) is 14.1. The lowest BCUT2D eigenvalue weighted by atomic mass is 10.2. The maximum Gasteiger partial charge on any atom is 0.222 e. The van der Waals surface area contributed by atoms with Gasteiger partial charge in [0.05, 0.1) is 0 Å². The summed E-state index contributed by atoms with van der Waals surface area (Å²) in [5.74, 6) is 0.825. The molecule has 2 fully saturated rings. The van der Waals surface area contributed by atoms with Crippen LogP contribution in [0.15, 0.2) is 29.3 Å². The number of halogens is 1. The zero-order valence-electron chi connectivity index (χ0n) is 17.5. The minimum absolute atomic E-state index is 0.192. The van der Waals surface area contributed by atoms with Crippen molar-refractivity contribution in [3.8, 4) is 0 Å². The molecule has 7 nitrogen and oxygen atoms in total. The summed E-state index contributed by atoms with van der Waals surface area (Å²) >= 11 is 0. The molecule has 0 aromatic heterocycles. The van der Waals surface area contributed by atoms with Crippen LogP contribution >= 0.6 is 0 Å². The zero-order valence-corrected chi connectivity index (χ0v) is 17.5. The van der Waals surface area contributed by atoms with Gasteiger partial charge >= 0.3 is 0 Å². The van der Waals surface area contributed by atoms with E-state index in [0.29, 0.717) is 6.42 Å². The highest BCUT2D eigenvalue weighted by Crippen LogP contribution is 2.16. The van der Waals surface area contributed by atoms with Crippen LogP contribution in [0.1, 0.15) is 19.8 Å². The molecule has 0 bridgehead atoms. The normalized spacial score (nSPS) is 20.8. The van der Waals surface area contributed by atoms with Gasteiger partial charge in [-0.05, 0) is 30.7 Å². The van der Waals surface area contributed by atoms with Gasteiger partial charge in [-0.1, -0.05) is 6.92 Å². The van der Waals surface area contributed by atoms with Gasteiger partial charge in [-0.3, -0.25) is 14.7 Å². The predicted molar refractivity (Wildman–Crippen MR) is 115 cm³/mol. The van der Waals surface area contributed by atoms with Crippen LogP contribution in [-0.4, -0.2) is 87.1 Å². The number of hydrogen-bond acceptors (Lipinski definition) is 4. The molecule has 2 saturated heterocycles. The molecule has 2 aliphatic rings. The second-order valence-electron chi connectivity index (χ2n) is 7.63. The maximum absolute atomic E-state index is 13.1. The van der Waals surface area contributed by atoms with E-state index in [-0.39, 0.29) is 17.8 Å². The Labute approximate surface area is 172 Å². The Morgan fingerprint density at radius 2 is 1.90 bits per heavy atom. The highest BCUT2D eigenvalue weighted by molar-refractivity contribution is 5.80. The lowest BCUT2D eigenvalue weighted by Crippen LogP contribution is -2.50. The highest BCUT2D eigenvalue weighted by atomic mass is 19.1. The van der Waals surface area contributed by atoms with Gasteiger partial charge in [-0.25, -0.2) is 4.39 Å². The van der Waals surface area contributed by atoms with Crippen molar-refractivity contribution in [1.82, 2.24) is 20.4 Å². The molecule has 1 aromatic rings. The van der Waals surface area contributed by atoms with Crippen molar-refractivity contribution < 1.29 is 9.18 Å². The van der Waals surface area contributed by atoms with E-state index in [1.165, 1.54) is 12.1 Å². The molecule has 0 aliphatic carbocycles. The monoisotopic (exact) mass is 404 g/mol. The van der Waals surface area contributed by atoms with Gasteiger partial charge in [0, 0.05) is 77.6 Å². The van der Waals surface area contributed by atoms with Crippen molar-refractivity contribution in [2.45, 2.75) is 25.8 Å². The van der Waals surface area contributed by atoms with Crippen LogP contribution in [0.3, 0.4) is 0 Å². The summed E-state index contributed by atoms with van der Waals surface area (Å²) in [7, 11) is 1.78. The molecule has 3 rings (SSSR count). The third-order valence-electron chi connectivity index (χ3n) is 5.69. The van der Waals surface area contributed by atoms with E-state index >= 15 is 0 Å². The van der Waals surface area contributed by atoms with Crippen molar-refractivity contribution in [3.63, 3.8) is 0 Å². The number of hydrogen-bond donors (Lipinski definition) is 2. The minimum Gasteiger partial charge on any atom is -0.369 e. The number of benzene rings is 1. The lowest BCUT2D eigenvalue weighted by molar-refractivity contribution is -0.129. The number of aliphatic imine (C=N–C) groups is 1. The lowest BCUT2D eigenvalue weighted by Gasteiger charge is -2.36. The van der Waals surface area contributed by atoms with Crippen LogP contribution < -0.4 is 15.5 Å². The van der Waals surface area contributed by atoms with E-state index in [0.717, 1.165) is 70.4 Å². The van der Waals surface area contributed by atoms with Crippen molar-refractivity contribution in [2.75, 3.05) is 64.3 Å². The number of guanidine groups is 1. The van der Waals surface area contributed by atoms with Crippen molar-refractivity contribution in [1.29, 1.82) is 0 Å². The second-order valence-corrected chi connectivity index (χ2v) is 7.63. The molecule has 1 unspecified atom stereocenters. The van der Waals surface area contributed by atoms with E-state index in [4.69, 9.17) is 0 Å². The Morgan fingerprint density at radius 3 is 2.55 bits per heavy atom. The van der Waals surface area contributed by atoms with Crippen molar-refractivity contribution in [2.24, 2.45) is 4.99 Å². The SMILES string of the molecule is CCC(=O)N1CCC(NC(=NC)NCCN2CCN(c3ccc(F)cc3)CC2)C1. The molecule has 2 N–H and O–H groups in total. The average Bonchev–Trinajstić information content (AvgIpc) is 3.22. The van der Waals surface area contributed by atoms with E-state index in [9.17, 15) is 9.18 Å². The number of nitrogens with zero attached hydrogens (tertiary/aromatic N) is 4. The zero-order chi connectivity index (χ0) is 20.6. The molecule has 0 spiro atoms. The number of anilines is 1. The topological polar surface area (TPSA) is 63.2 Å². The molecule has 8 heteroatoms. The first-order valence-electron chi connectivity index (χ1n) is 10.6. The fourth-order valence-electron chi connectivity index (χ4n) is 3.93. The molecule has 29 heavy (non-hydrogen) atoms. The number of rotatable bonds is 6. The fourth-order valence-corrected chi connectivity index (χ4v) is 3.93. The number of carbonyl (C=O) groups excluding carboxylic acids is 1. The van der Waals surface area contributed by atoms with E-state index in [1.807, 2.05) is 24.0 Å². The van der Waals surface area contributed by atoms with Crippen molar-refractivity contribution >= 4 is 17.6 Å². The second kappa shape index (κ2) is 10.4. The summed E-state index contributed by atoms with van der Waals surface area (Å²) in [6.07, 6.45) is 1.52. The average molecular weight is 405 g/mol. The molecule has 1 aromatic carbocycles.